The van der Waals surface area contributed by atoms with Gasteiger partial charge in [-0.1, -0.05) is 0 Å². The Hall–Kier alpha value is 2.99. The second-order valence-corrected chi connectivity index (χ2v) is 12.7. The van der Waals surface area contributed by atoms with Gasteiger partial charge >= 0.3 is 0 Å². The van der Waals surface area contributed by atoms with Gasteiger partial charge in [-0.3, -0.25) is 0 Å². The van der Waals surface area contributed by atoms with Crippen LogP contribution in [-0.4, -0.2) is 326 Å². The van der Waals surface area contributed by atoms with Crippen LogP contribution in [0.4, 0.5) is 0 Å². The van der Waals surface area contributed by atoms with Crippen LogP contribution in [0.2, 0.25) is 0 Å². The van der Waals surface area contributed by atoms with Crippen molar-refractivity contribution in [2.45, 2.75) is 0 Å². The highest BCUT2D eigenvalue weighted by Gasteiger charge is 2.58. The lowest BCUT2D eigenvalue weighted by Crippen LogP contribution is -2.94. The van der Waals surface area contributed by atoms with Crippen molar-refractivity contribution >= 4 is 326 Å². The predicted molar refractivity (Wildman–Crippen MR) is 265 cm³/mol. The van der Waals surface area contributed by atoms with E-state index in [9.17, 15) is 0 Å². The first kappa shape index (κ1) is 49.0. The molecular weight excluding hydrogens is 497 g/mol. The quantitative estimate of drug-likeness (QED) is 0.138. The van der Waals surface area contributed by atoms with Gasteiger partial charge in [0.1, 0.15) is 0 Å². The van der Waals surface area contributed by atoms with Crippen molar-refractivity contribution < 1.29 is 0 Å². The molecule has 0 heterocycles. The van der Waals surface area contributed by atoms with E-state index in [4.69, 9.17) is 186 Å². The Kier molecular flexibility index (Phi) is 23.7. The van der Waals surface area contributed by atoms with Crippen molar-refractivity contribution in [3.05, 3.63) is 0 Å². The summed E-state index contributed by atoms with van der Waals surface area (Å²) >= 11 is 0. The molecule has 0 atom stereocenters. The lowest BCUT2D eigenvalue weighted by molar-refractivity contribution is 3.19. The Balaban J connectivity index is 9.13. The fourth-order valence-electron chi connectivity index (χ4n) is 7.70. The van der Waals surface area contributed by atoms with E-state index in [1.165, 1.54) is 0 Å². The van der Waals surface area contributed by atoms with Crippen molar-refractivity contribution in [2.75, 3.05) is 0 Å². The van der Waals surface area contributed by atoms with E-state index in [1.807, 2.05) is 0 Å². The van der Waals surface area contributed by atoms with Gasteiger partial charge in [-0.15, -0.1) is 0 Å². The number of hydrogen-bond donors (Lipinski definition) is 0. The monoisotopic (exact) mass is 506 g/mol. The largest absolute Gasteiger partial charge is 0.687 e. The maximum Gasteiger partial charge on any atom is -0.0000000000000853 e. The Labute approximate surface area is 323 Å². The summed E-state index contributed by atoms with van der Waals surface area (Å²) < 4.78 is 0. The first-order valence-electron chi connectivity index (χ1n) is 15.0. The average Bonchev–Trinajstić information content (AvgIpc) is 2.81. The topological polar surface area (TPSA) is 0 Å². The molecule has 46 heavy (non-hydrogen) atoms. The summed E-state index contributed by atoms with van der Waals surface area (Å²) in [4.78, 5) is 0. The summed E-state index contributed by atoms with van der Waals surface area (Å²) in [7, 11) is 153. The molecule has 0 fully saturated rings. The Bertz CT molecular complexity index is 561. The Morgan fingerprint density at radius 2 is 0.283 bits per heavy atom. The summed E-state index contributed by atoms with van der Waals surface area (Å²) in [6.45, 7) is 0. The lowest BCUT2D eigenvalue weighted by Gasteiger charge is -2.57. The van der Waals surface area contributed by atoms with Crippen LogP contribution in [-0.2, 0) is 0 Å². The normalized spacial score (nSPS) is 9.67. The third kappa shape index (κ3) is 13.1. The van der Waals surface area contributed by atoms with Gasteiger partial charge in [-0.05, 0) is 312 Å². The predicted octanol–water partition coefficient (Wildman–Crippen LogP) is -17.5. The summed E-state index contributed by atoms with van der Waals surface area (Å²) in [6, 6.07) is 0. The van der Waals surface area contributed by atoms with E-state index >= 15 is 0 Å². The molecule has 139 valence electrons. The molecule has 0 bridgehead atoms. The van der Waals surface area contributed by atoms with Crippen molar-refractivity contribution in [1.82, 2.24) is 0 Å². The van der Waals surface area contributed by atoms with Crippen molar-refractivity contribution in [3.8, 4) is 0 Å². The van der Waals surface area contributed by atoms with Gasteiger partial charge in [0, 0.05) is 0 Å². The molecule has 0 aromatic carbocycles. The van der Waals surface area contributed by atoms with Gasteiger partial charge in [-0.2, -0.15) is 0 Å². The molecule has 0 rings (SSSR count). The number of rotatable bonds is 21. The SMILES string of the molecule is [B]B([B])B(B([B])[B])B(B(B([B])[B])B([B])[B])B(B(B(B([B])[B])B([B])[B])B(B([B])[B])B([B])[B])B(B(B([B])[B])B([B])[B])B(B([B])[B])B([B])[B-]. The third-order valence-corrected chi connectivity index (χ3v) is 9.33. The first-order chi connectivity index (χ1) is 20.9. The van der Waals surface area contributed by atoms with Crippen LogP contribution in [0, 0.1) is 0 Å². The van der Waals surface area contributed by atoms with Gasteiger partial charge in [0.2, 0.25) is 0 Å². The third-order valence-electron chi connectivity index (χ3n) is 9.33. The van der Waals surface area contributed by atoms with E-state index < -0.39 is 140 Å². The Morgan fingerprint density at radius 1 is 0.174 bits per heavy atom. The fraction of sp³-hybridized carbons (Fsp3) is 0. The molecule has 0 aliphatic rings. The summed E-state index contributed by atoms with van der Waals surface area (Å²) in [6.07, 6.45) is -27.2. The second-order valence-electron chi connectivity index (χ2n) is 12.7. The van der Waals surface area contributed by atoms with Gasteiger partial charge in [-0.25, -0.2) is 6.39 Å². The first-order valence-corrected chi connectivity index (χ1v) is 15.0. The molecule has 0 aliphatic heterocycles. The standard InChI is InChI=1S/B46/c1-25(2)37(26(3)4)43(38(27(5)6)28(7)8)46(44(39(29(9)10)30(11)12)40(31(13)14)32(15)16)45(41(33(17)18)34(19)20)42(35(21)22)36(23)24/q-1. The van der Waals surface area contributed by atoms with Crippen LogP contribution in [0.3, 0.4) is 0 Å². The van der Waals surface area contributed by atoms with E-state index in [1.54, 1.807) is 0 Å². The molecule has 0 amide bonds. The molecule has 0 spiro atoms. The molecule has 0 nitrogen and oxygen atoms in total. The highest BCUT2D eigenvalue weighted by molar-refractivity contribution is 8.34. The molecule has 46 heteroatoms. The highest BCUT2D eigenvalue weighted by atomic mass is 13.4. The zero-order valence-electron chi connectivity index (χ0n) is 26.6. The van der Waals surface area contributed by atoms with E-state index in [0.29, 0.717) is 0 Å². The molecule has 0 unspecified atom stereocenters. The maximum atomic E-state index is 6.36. The molecular formula is B46-. The van der Waals surface area contributed by atoms with Crippen LogP contribution in [0.1, 0.15) is 0 Å². The van der Waals surface area contributed by atoms with Gasteiger partial charge in [0.15, 0.2) is 0 Å². The maximum absolute atomic E-state index is 6.36. The van der Waals surface area contributed by atoms with Crippen LogP contribution in [0.5, 0.6) is 0 Å². The number of hydrogen-bond acceptors (Lipinski definition) is 0. The van der Waals surface area contributed by atoms with E-state index in [0.717, 1.165) is 0 Å². The minimum absolute atomic E-state index is 1.15. The molecule has 0 saturated carbocycles. The second kappa shape index (κ2) is 22.3. The minimum Gasteiger partial charge on any atom is -0.687 e. The zero-order chi connectivity index (χ0) is 36.7. The minimum atomic E-state index is -1.30. The molecule has 0 aromatic rings. The van der Waals surface area contributed by atoms with Crippen LogP contribution >= 0.6 is 0 Å². The molecule has 0 saturated heterocycles. The molecule has 0 aliphatic carbocycles. The van der Waals surface area contributed by atoms with Crippen molar-refractivity contribution in [2.24, 2.45) is 0 Å². The molecule has 0 N–H and O–H groups in total. The summed E-state index contributed by atoms with van der Waals surface area (Å²) in [5, 5.41) is 0. The van der Waals surface area contributed by atoms with Gasteiger partial charge < -0.3 is 7.74 Å². The van der Waals surface area contributed by atoms with Crippen molar-refractivity contribution in [1.29, 1.82) is 0 Å². The van der Waals surface area contributed by atoms with E-state index in [-0.39, 0.29) is 0 Å². The zero-order valence-corrected chi connectivity index (χ0v) is 26.6. The van der Waals surface area contributed by atoms with Crippen LogP contribution in [0.25, 0.3) is 0 Å². The molecule has 0 aromatic heterocycles. The fourth-order valence-corrected chi connectivity index (χ4v) is 7.70. The summed E-state index contributed by atoms with van der Waals surface area (Å²) in [5.41, 5.74) is 0. The van der Waals surface area contributed by atoms with Gasteiger partial charge in [0.05, 0.1) is 0 Å². The Morgan fingerprint density at radius 3 is 0.391 bits per heavy atom. The van der Waals surface area contributed by atoms with Crippen molar-refractivity contribution in [3.63, 3.8) is 0 Å². The summed E-state index contributed by atoms with van der Waals surface area (Å²) in [5.74, 6) is 0. The van der Waals surface area contributed by atoms with Crippen LogP contribution in [0.15, 0.2) is 0 Å². The molecule has 49 radical (unpaired) electrons. The highest BCUT2D eigenvalue weighted by Crippen LogP contribution is 2.21. The smallest absolute Gasteiger partial charge is 0.0000000000000853 e. The average molecular weight is 497 g/mol. The van der Waals surface area contributed by atoms with Crippen LogP contribution < -0.4 is 0 Å². The lowest BCUT2D eigenvalue weighted by atomic mass is 8.25. The van der Waals surface area contributed by atoms with Gasteiger partial charge in [0.25, 0.3) is 0 Å². The van der Waals surface area contributed by atoms with E-state index in [2.05, 4.69) is 0 Å².